The molecule has 7 nitrogen and oxygen atoms in total. The molecule has 2 amide bonds. The number of amides is 2. The molecule has 0 atom stereocenters. The summed E-state index contributed by atoms with van der Waals surface area (Å²) < 4.78 is 6.88. The second-order valence-corrected chi connectivity index (χ2v) is 7.07. The number of ether oxygens (including phenoxy) is 1. The molecular weight excluding hydrogens is 376 g/mol. The lowest BCUT2D eigenvalue weighted by atomic mass is 10.1. The minimum atomic E-state index is -0.452. The minimum Gasteiger partial charge on any atom is -0.497 e. The molecule has 28 heavy (non-hydrogen) atoms. The zero-order valence-corrected chi connectivity index (χ0v) is 16.6. The molecule has 0 aliphatic carbocycles. The fourth-order valence-electron chi connectivity index (χ4n) is 2.50. The molecule has 0 radical (unpaired) electrons. The summed E-state index contributed by atoms with van der Waals surface area (Å²) in [4.78, 5) is 24.2. The van der Waals surface area contributed by atoms with Crippen molar-refractivity contribution in [2.75, 3.05) is 12.9 Å². The van der Waals surface area contributed by atoms with Gasteiger partial charge in [0.1, 0.15) is 5.75 Å². The third-order valence-corrected chi connectivity index (χ3v) is 5.10. The Labute approximate surface area is 167 Å². The van der Waals surface area contributed by atoms with Crippen LogP contribution in [0, 0.1) is 6.92 Å². The third-order valence-electron chi connectivity index (χ3n) is 4.08. The van der Waals surface area contributed by atoms with E-state index in [-0.39, 0.29) is 5.75 Å². The molecule has 1 aromatic heterocycles. The van der Waals surface area contributed by atoms with Gasteiger partial charge in [0.05, 0.1) is 12.9 Å². The first-order valence-corrected chi connectivity index (χ1v) is 9.54. The van der Waals surface area contributed by atoms with Crippen molar-refractivity contribution < 1.29 is 14.3 Å². The number of methoxy groups -OCH3 is 1. The molecule has 3 rings (SSSR count). The molecule has 2 aromatic carbocycles. The van der Waals surface area contributed by atoms with Crippen LogP contribution in [0.25, 0.3) is 11.4 Å². The van der Waals surface area contributed by atoms with Gasteiger partial charge in [-0.2, -0.15) is 0 Å². The van der Waals surface area contributed by atoms with E-state index in [0.717, 1.165) is 11.4 Å². The Hall–Kier alpha value is -3.13. The van der Waals surface area contributed by atoms with Gasteiger partial charge in [0, 0.05) is 18.2 Å². The number of carbonyl (C=O) groups excluding carboxylic acids is 2. The SMILES string of the molecule is COc1ccc(C(=O)NC(=O)CSc2nnc(-c3ccc(C)cc3)n2C)cc1. The Morgan fingerprint density at radius 1 is 1.07 bits per heavy atom. The standard InChI is InChI=1S/C20H20N4O3S/c1-13-4-6-14(7-5-13)18-22-23-20(24(18)2)28-12-17(25)21-19(26)15-8-10-16(27-3)11-9-15/h4-11H,12H2,1-3H3,(H,21,25,26). The Morgan fingerprint density at radius 2 is 1.75 bits per heavy atom. The number of benzene rings is 2. The number of thioether (sulfide) groups is 1. The number of carbonyl (C=O) groups is 2. The number of nitrogens with one attached hydrogen (secondary N) is 1. The van der Waals surface area contributed by atoms with E-state index in [0.29, 0.717) is 16.5 Å². The number of rotatable bonds is 6. The quantitative estimate of drug-likeness (QED) is 0.645. The summed E-state index contributed by atoms with van der Waals surface area (Å²) in [5.74, 6) is 0.571. The van der Waals surface area contributed by atoms with Gasteiger partial charge >= 0.3 is 0 Å². The van der Waals surface area contributed by atoms with Crippen molar-refractivity contribution in [1.82, 2.24) is 20.1 Å². The monoisotopic (exact) mass is 396 g/mol. The van der Waals surface area contributed by atoms with Crippen LogP contribution < -0.4 is 10.1 Å². The summed E-state index contributed by atoms with van der Waals surface area (Å²) in [6.07, 6.45) is 0. The fourth-order valence-corrected chi connectivity index (χ4v) is 3.21. The molecule has 0 aliphatic heterocycles. The van der Waals surface area contributed by atoms with Gasteiger partial charge in [-0.3, -0.25) is 14.9 Å². The van der Waals surface area contributed by atoms with Gasteiger partial charge in [-0.05, 0) is 31.2 Å². The summed E-state index contributed by atoms with van der Waals surface area (Å²) in [6.45, 7) is 2.02. The maximum absolute atomic E-state index is 12.1. The molecule has 1 heterocycles. The average Bonchev–Trinajstić information content (AvgIpc) is 3.07. The number of imide groups is 1. The first-order chi connectivity index (χ1) is 13.5. The molecule has 0 saturated heterocycles. The molecule has 144 valence electrons. The van der Waals surface area contributed by atoms with Crippen LogP contribution in [0.1, 0.15) is 15.9 Å². The number of aromatic nitrogens is 3. The highest BCUT2D eigenvalue weighted by atomic mass is 32.2. The largest absolute Gasteiger partial charge is 0.497 e. The molecule has 3 aromatic rings. The summed E-state index contributed by atoms with van der Waals surface area (Å²) in [7, 11) is 3.39. The Morgan fingerprint density at radius 3 is 2.39 bits per heavy atom. The zero-order valence-electron chi connectivity index (χ0n) is 15.8. The summed E-state index contributed by atoms with van der Waals surface area (Å²) >= 11 is 1.22. The number of hydrogen-bond donors (Lipinski definition) is 1. The summed E-state index contributed by atoms with van der Waals surface area (Å²) in [6, 6.07) is 14.5. The lowest BCUT2D eigenvalue weighted by Crippen LogP contribution is -2.31. The van der Waals surface area contributed by atoms with Gasteiger partial charge in [-0.15, -0.1) is 10.2 Å². The number of aryl methyl sites for hydroxylation is 1. The lowest BCUT2D eigenvalue weighted by molar-refractivity contribution is -0.117. The molecule has 0 saturated carbocycles. The van der Waals surface area contributed by atoms with Crippen LogP contribution in [0.5, 0.6) is 5.75 Å². The average molecular weight is 396 g/mol. The van der Waals surface area contributed by atoms with Crippen molar-refractivity contribution in [2.45, 2.75) is 12.1 Å². The van der Waals surface area contributed by atoms with Gasteiger partial charge in [0.2, 0.25) is 5.91 Å². The van der Waals surface area contributed by atoms with E-state index >= 15 is 0 Å². The molecule has 0 spiro atoms. The van der Waals surface area contributed by atoms with E-state index in [1.807, 2.05) is 42.8 Å². The minimum absolute atomic E-state index is 0.0573. The van der Waals surface area contributed by atoms with Crippen LogP contribution >= 0.6 is 11.8 Å². The topological polar surface area (TPSA) is 86.1 Å². The molecule has 0 bridgehead atoms. The molecular formula is C20H20N4O3S. The van der Waals surface area contributed by atoms with E-state index in [1.165, 1.54) is 17.3 Å². The molecule has 1 N–H and O–H groups in total. The van der Waals surface area contributed by atoms with Gasteiger partial charge in [-0.1, -0.05) is 41.6 Å². The smallest absolute Gasteiger partial charge is 0.257 e. The number of nitrogens with zero attached hydrogens (tertiary/aromatic N) is 3. The van der Waals surface area contributed by atoms with Gasteiger partial charge in [0.25, 0.3) is 5.91 Å². The van der Waals surface area contributed by atoms with Crippen LogP contribution in [-0.2, 0) is 11.8 Å². The molecule has 0 fully saturated rings. The van der Waals surface area contributed by atoms with Crippen LogP contribution in [0.15, 0.2) is 53.7 Å². The predicted molar refractivity (Wildman–Crippen MR) is 107 cm³/mol. The molecule has 0 aliphatic rings. The Balaban J connectivity index is 1.58. The van der Waals surface area contributed by atoms with Crippen LogP contribution in [0.3, 0.4) is 0 Å². The van der Waals surface area contributed by atoms with E-state index < -0.39 is 11.8 Å². The van der Waals surface area contributed by atoms with Gasteiger partial charge in [-0.25, -0.2) is 0 Å². The zero-order chi connectivity index (χ0) is 20.1. The highest BCUT2D eigenvalue weighted by Crippen LogP contribution is 2.22. The summed E-state index contributed by atoms with van der Waals surface area (Å²) in [5, 5.41) is 11.3. The highest BCUT2D eigenvalue weighted by Gasteiger charge is 2.15. The van der Waals surface area contributed by atoms with Crippen molar-refractivity contribution in [3.05, 3.63) is 59.7 Å². The predicted octanol–water partition coefficient (Wildman–Crippen LogP) is 2.85. The van der Waals surface area contributed by atoms with Crippen molar-refractivity contribution in [3.8, 4) is 17.1 Å². The third kappa shape index (κ3) is 4.58. The molecule has 0 unspecified atom stereocenters. The first kappa shape index (κ1) is 19.6. The van der Waals surface area contributed by atoms with Crippen molar-refractivity contribution in [3.63, 3.8) is 0 Å². The van der Waals surface area contributed by atoms with Crippen LogP contribution in [0.2, 0.25) is 0 Å². The van der Waals surface area contributed by atoms with E-state index in [1.54, 1.807) is 31.4 Å². The van der Waals surface area contributed by atoms with Gasteiger partial charge in [0.15, 0.2) is 11.0 Å². The molecule has 8 heteroatoms. The van der Waals surface area contributed by atoms with E-state index in [9.17, 15) is 9.59 Å². The summed E-state index contributed by atoms with van der Waals surface area (Å²) in [5.41, 5.74) is 2.50. The van der Waals surface area contributed by atoms with Crippen molar-refractivity contribution in [2.24, 2.45) is 7.05 Å². The fraction of sp³-hybridized carbons (Fsp3) is 0.200. The number of hydrogen-bond acceptors (Lipinski definition) is 6. The second kappa shape index (κ2) is 8.71. The van der Waals surface area contributed by atoms with Crippen molar-refractivity contribution >= 4 is 23.6 Å². The Bertz CT molecular complexity index is 982. The lowest BCUT2D eigenvalue weighted by Gasteiger charge is -2.06. The van der Waals surface area contributed by atoms with Crippen LogP contribution in [0.4, 0.5) is 0 Å². The van der Waals surface area contributed by atoms with E-state index in [4.69, 9.17) is 4.74 Å². The highest BCUT2D eigenvalue weighted by molar-refractivity contribution is 7.99. The normalized spacial score (nSPS) is 10.5. The second-order valence-electron chi connectivity index (χ2n) is 6.13. The van der Waals surface area contributed by atoms with Crippen molar-refractivity contribution in [1.29, 1.82) is 0 Å². The van der Waals surface area contributed by atoms with Gasteiger partial charge < -0.3 is 9.30 Å². The first-order valence-electron chi connectivity index (χ1n) is 8.55. The Kier molecular flexibility index (Phi) is 6.10. The van der Waals surface area contributed by atoms with Crippen LogP contribution in [-0.4, -0.2) is 39.4 Å². The maximum atomic E-state index is 12.1. The maximum Gasteiger partial charge on any atom is 0.257 e. The van der Waals surface area contributed by atoms with E-state index in [2.05, 4.69) is 15.5 Å².